The highest BCUT2D eigenvalue weighted by Gasteiger charge is 2.27. The van der Waals surface area contributed by atoms with Gasteiger partial charge in [-0.25, -0.2) is 4.79 Å². The average molecular weight is 383 g/mol. The molecule has 0 bridgehead atoms. The molecule has 3 rings (SSSR count). The SMILES string of the molecule is COC(=O)c1ccc(CN2CCN(Cc3cccc(C)n3)[C@H](CCO)C2)cc1. The van der Waals surface area contributed by atoms with Gasteiger partial charge >= 0.3 is 5.97 Å². The van der Waals surface area contributed by atoms with Gasteiger partial charge < -0.3 is 9.84 Å². The van der Waals surface area contributed by atoms with Gasteiger partial charge in [0.15, 0.2) is 0 Å². The van der Waals surface area contributed by atoms with Crippen LogP contribution in [0.3, 0.4) is 0 Å². The molecule has 1 aliphatic rings. The number of pyridine rings is 1. The van der Waals surface area contributed by atoms with Crippen LogP contribution in [0.25, 0.3) is 0 Å². The van der Waals surface area contributed by atoms with Crippen molar-refractivity contribution in [3.63, 3.8) is 0 Å². The van der Waals surface area contributed by atoms with Crippen molar-refractivity contribution in [1.29, 1.82) is 0 Å². The van der Waals surface area contributed by atoms with Crippen LogP contribution in [-0.2, 0) is 17.8 Å². The van der Waals surface area contributed by atoms with Gasteiger partial charge in [-0.3, -0.25) is 14.8 Å². The number of aryl methyl sites for hydroxylation is 1. The van der Waals surface area contributed by atoms with Gasteiger partial charge in [0.05, 0.1) is 18.4 Å². The molecule has 0 unspecified atom stereocenters. The molecule has 2 heterocycles. The Hall–Kier alpha value is -2.28. The molecule has 0 amide bonds. The molecule has 1 aliphatic heterocycles. The largest absolute Gasteiger partial charge is 0.465 e. The van der Waals surface area contributed by atoms with E-state index in [0.717, 1.165) is 50.5 Å². The van der Waals surface area contributed by atoms with Crippen LogP contribution in [0.2, 0.25) is 0 Å². The average Bonchev–Trinajstić information content (AvgIpc) is 2.70. The van der Waals surface area contributed by atoms with E-state index in [1.807, 2.05) is 43.3 Å². The van der Waals surface area contributed by atoms with Gasteiger partial charge in [-0.15, -0.1) is 0 Å². The number of hydrogen-bond donors (Lipinski definition) is 1. The Bertz CT molecular complexity index is 779. The van der Waals surface area contributed by atoms with Gasteiger partial charge in [0.25, 0.3) is 0 Å². The van der Waals surface area contributed by atoms with Crippen LogP contribution in [0.1, 0.15) is 33.7 Å². The van der Waals surface area contributed by atoms with Crippen molar-refractivity contribution in [2.45, 2.75) is 32.5 Å². The minimum absolute atomic E-state index is 0.185. The van der Waals surface area contributed by atoms with E-state index in [9.17, 15) is 9.90 Å². The molecule has 2 aromatic rings. The van der Waals surface area contributed by atoms with E-state index < -0.39 is 0 Å². The molecular formula is C22H29N3O3. The first-order valence-electron chi connectivity index (χ1n) is 9.76. The summed E-state index contributed by atoms with van der Waals surface area (Å²) in [6.45, 7) is 6.66. The number of aliphatic hydroxyl groups is 1. The summed E-state index contributed by atoms with van der Waals surface area (Å²) in [4.78, 5) is 21.0. The third kappa shape index (κ3) is 5.38. The second-order valence-corrected chi connectivity index (χ2v) is 7.33. The summed E-state index contributed by atoms with van der Waals surface area (Å²) in [6, 6.07) is 14.0. The number of carbonyl (C=O) groups excluding carboxylic acids is 1. The van der Waals surface area contributed by atoms with Crippen molar-refractivity contribution in [2.75, 3.05) is 33.4 Å². The predicted octanol–water partition coefficient (Wildman–Crippen LogP) is 2.25. The van der Waals surface area contributed by atoms with E-state index in [1.54, 1.807) is 0 Å². The Morgan fingerprint density at radius 3 is 2.64 bits per heavy atom. The number of piperazine rings is 1. The summed E-state index contributed by atoms with van der Waals surface area (Å²) in [6.07, 6.45) is 0.754. The van der Waals surface area contributed by atoms with Crippen molar-refractivity contribution in [1.82, 2.24) is 14.8 Å². The maximum atomic E-state index is 11.6. The van der Waals surface area contributed by atoms with Gasteiger partial charge in [-0.05, 0) is 43.2 Å². The number of nitrogens with zero attached hydrogens (tertiary/aromatic N) is 3. The number of ether oxygens (including phenoxy) is 1. The van der Waals surface area contributed by atoms with E-state index >= 15 is 0 Å². The van der Waals surface area contributed by atoms with Crippen molar-refractivity contribution in [3.05, 3.63) is 65.0 Å². The van der Waals surface area contributed by atoms with Gasteiger partial charge in [0.1, 0.15) is 0 Å². The lowest BCUT2D eigenvalue weighted by atomic mass is 10.1. The molecule has 1 saturated heterocycles. The molecule has 150 valence electrons. The van der Waals surface area contributed by atoms with E-state index in [2.05, 4.69) is 20.9 Å². The van der Waals surface area contributed by atoms with Crippen LogP contribution in [0.5, 0.6) is 0 Å². The first-order valence-corrected chi connectivity index (χ1v) is 9.76. The number of rotatable bonds is 7. The number of benzene rings is 1. The fourth-order valence-electron chi connectivity index (χ4n) is 3.75. The smallest absolute Gasteiger partial charge is 0.337 e. The van der Waals surface area contributed by atoms with Gasteiger partial charge in [-0.1, -0.05) is 18.2 Å². The standard InChI is InChI=1S/C22H29N3O3/c1-17-4-3-5-20(23-17)15-25-12-11-24(16-21(25)10-13-26)14-18-6-8-19(9-7-18)22(27)28-2/h3-9,21,26H,10-16H2,1-2H3/t21-/m1/s1. The van der Waals surface area contributed by atoms with E-state index in [-0.39, 0.29) is 12.6 Å². The lowest BCUT2D eigenvalue weighted by Crippen LogP contribution is -2.52. The molecule has 1 N–H and O–H groups in total. The molecule has 0 saturated carbocycles. The van der Waals surface area contributed by atoms with Crippen LogP contribution in [0.4, 0.5) is 0 Å². The number of aromatic nitrogens is 1. The second-order valence-electron chi connectivity index (χ2n) is 7.33. The summed E-state index contributed by atoms with van der Waals surface area (Å²) in [5.74, 6) is -0.312. The molecule has 0 aliphatic carbocycles. The molecule has 0 radical (unpaired) electrons. The molecule has 1 aromatic heterocycles. The van der Waals surface area contributed by atoms with E-state index in [1.165, 1.54) is 12.7 Å². The normalized spacial score (nSPS) is 18.2. The van der Waals surface area contributed by atoms with Gasteiger partial charge in [-0.2, -0.15) is 0 Å². The monoisotopic (exact) mass is 383 g/mol. The molecule has 1 aromatic carbocycles. The molecule has 0 spiro atoms. The highest BCUT2D eigenvalue weighted by atomic mass is 16.5. The molecule has 6 heteroatoms. The molecule has 1 fully saturated rings. The summed E-state index contributed by atoms with van der Waals surface area (Å²) < 4.78 is 4.75. The zero-order valence-corrected chi connectivity index (χ0v) is 16.7. The fourth-order valence-corrected chi connectivity index (χ4v) is 3.75. The third-order valence-electron chi connectivity index (χ3n) is 5.24. The van der Waals surface area contributed by atoms with Crippen molar-refractivity contribution < 1.29 is 14.6 Å². The van der Waals surface area contributed by atoms with Gasteiger partial charge in [0.2, 0.25) is 0 Å². The second kappa shape index (κ2) is 9.78. The number of esters is 1. The molecule has 6 nitrogen and oxygen atoms in total. The highest BCUT2D eigenvalue weighted by Crippen LogP contribution is 2.18. The lowest BCUT2D eigenvalue weighted by Gasteiger charge is -2.41. The summed E-state index contributed by atoms with van der Waals surface area (Å²) in [7, 11) is 1.39. The Kier molecular flexibility index (Phi) is 7.14. The predicted molar refractivity (Wildman–Crippen MR) is 108 cm³/mol. The zero-order valence-electron chi connectivity index (χ0n) is 16.7. The number of methoxy groups -OCH3 is 1. The van der Waals surface area contributed by atoms with Crippen molar-refractivity contribution in [2.24, 2.45) is 0 Å². The van der Waals surface area contributed by atoms with Crippen molar-refractivity contribution in [3.8, 4) is 0 Å². The lowest BCUT2D eigenvalue weighted by molar-refractivity contribution is 0.0491. The van der Waals surface area contributed by atoms with E-state index in [4.69, 9.17) is 4.74 Å². The van der Waals surface area contributed by atoms with Crippen LogP contribution >= 0.6 is 0 Å². The summed E-state index contributed by atoms with van der Waals surface area (Å²) in [5.41, 5.74) is 3.85. The minimum Gasteiger partial charge on any atom is -0.465 e. The quantitative estimate of drug-likeness (QED) is 0.740. The van der Waals surface area contributed by atoms with Crippen LogP contribution in [-0.4, -0.2) is 65.3 Å². The van der Waals surface area contributed by atoms with Crippen LogP contribution in [0.15, 0.2) is 42.5 Å². The fraction of sp³-hybridized carbons (Fsp3) is 0.455. The summed E-state index contributed by atoms with van der Waals surface area (Å²) in [5, 5.41) is 9.52. The maximum Gasteiger partial charge on any atom is 0.337 e. The first kappa shape index (κ1) is 20.5. The third-order valence-corrected chi connectivity index (χ3v) is 5.24. The number of carbonyl (C=O) groups is 1. The number of aliphatic hydroxyl groups excluding tert-OH is 1. The summed E-state index contributed by atoms with van der Waals surface area (Å²) >= 11 is 0. The Morgan fingerprint density at radius 1 is 1.18 bits per heavy atom. The Balaban J connectivity index is 1.61. The van der Waals surface area contributed by atoms with Crippen LogP contribution < -0.4 is 0 Å². The van der Waals surface area contributed by atoms with Crippen LogP contribution in [0, 0.1) is 6.92 Å². The number of hydrogen-bond acceptors (Lipinski definition) is 6. The molecule has 28 heavy (non-hydrogen) atoms. The minimum atomic E-state index is -0.312. The topological polar surface area (TPSA) is 65.9 Å². The Morgan fingerprint density at radius 2 is 1.96 bits per heavy atom. The highest BCUT2D eigenvalue weighted by molar-refractivity contribution is 5.89. The zero-order chi connectivity index (χ0) is 19.9. The van der Waals surface area contributed by atoms with Crippen molar-refractivity contribution >= 4 is 5.97 Å². The molecular weight excluding hydrogens is 354 g/mol. The first-order chi connectivity index (χ1) is 13.6. The Labute approximate surface area is 166 Å². The maximum absolute atomic E-state index is 11.6. The molecule has 1 atom stereocenters. The van der Waals surface area contributed by atoms with E-state index in [0.29, 0.717) is 11.6 Å². The van der Waals surface area contributed by atoms with Gasteiger partial charge in [0, 0.05) is 51.1 Å².